The normalized spacial score (nSPS) is 12.0. The van der Waals surface area contributed by atoms with E-state index in [0.717, 1.165) is 4.88 Å². The molecule has 132 valence electrons. The summed E-state index contributed by atoms with van der Waals surface area (Å²) >= 11 is 7.74. The van der Waals surface area contributed by atoms with Crippen molar-refractivity contribution in [1.82, 2.24) is 4.31 Å². The van der Waals surface area contributed by atoms with Gasteiger partial charge in [0.15, 0.2) is 0 Å². The molecule has 3 rings (SSSR count). The van der Waals surface area contributed by atoms with Crippen molar-refractivity contribution in [3.8, 4) is 0 Å². The van der Waals surface area contributed by atoms with Crippen LogP contribution in [-0.2, 0) is 23.0 Å². The largest absolute Gasteiger partial charge is 0.468 e. The molecule has 0 unspecified atom stereocenters. The van der Waals surface area contributed by atoms with Gasteiger partial charge in [-0.15, -0.1) is 11.3 Å². The summed E-state index contributed by atoms with van der Waals surface area (Å²) in [4.78, 5) is 1.38. The van der Waals surface area contributed by atoms with Gasteiger partial charge in [0.05, 0.1) is 17.7 Å². The summed E-state index contributed by atoms with van der Waals surface area (Å²) in [5, 5.41) is 2.43. The van der Waals surface area contributed by atoms with Gasteiger partial charge in [0.1, 0.15) is 5.76 Å². The first-order chi connectivity index (χ1) is 12.0. The summed E-state index contributed by atoms with van der Waals surface area (Å²) in [7, 11) is -3.69. The van der Waals surface area contributed by atoms with Gasteiger partial charge in [0, 0.05) is 16.4 Å². The molecule has 4 nitrogen and oxygen atoms in total. The van der Waals surface area contributed by atoms with E-state index in [0.29, 0.717) is 29.3 Å². The molecule has 0 aliphatic heterocycles. The lowest BCUT2D eigenvalue weighted by Crippen LogP contribution is -2.32. The third-order valence-corrected chi connectivity index (χ3v) is 7.27. The van der Waals surface area contributed by atoms with Crippen molar-refractivity contribution in [3.63, 3.8) is 0 Å². The fourth-order valence-corrected chi connectivity index (χ4v) is 5.14. The van der Waals surface area contributed by atoms with E-state index in [4.69, 9.17) is 16.0 Å². The van der Waals surface area contributed by atoms with Crippen LogP contribution >= 0.6 is 22.9 Å². The van der Waals surface area contributed by atoms with E-state index in [-0.39, 0.29) is 11.4 Å². The Labute approximate surface area is 156 Å². The number of sulfonamides is 1. The second-order valence-corrected chi connectivity index (χ2v) is 8.96. The van der Waals surface area contributed by atoms with Gasteiger partial charge in [-0.25, -0.2) is 8.42 Å². The first-order valence-corrected chi connectivity index (χ1v) is 10.5. The second kappa shape index (κ2) is 7.74. The Bertz CT molecular complexity index is 919. The van der Waals surface area contributed by atoms with E-state index in [9.17, 15) is 8.42 Å². The molecule has 0 bridgehead atoms. The number of thiophene rings is 1. The van der Waals surface area contributed by atoms with Crippen molar-refractivity contribution in [1.29, 1.82) is 0 Å². The zero-order valence-corrected chi connectivity index (χ0v) is 16.1. The van der Waals surface area contributed by atoms with Gasteiger partial charge in [-0.3, -0.25) is 0 Å². The summed E-state index contributed by atoms with van der Waals surface area (Å²) in [5.74, 6) is 0.606. The van der Waals surface area contributed by atoms with Crippen LogP contribution in [0, 0.1) is 6.92 Å². The average Bonchev–Trinajstić information content (AvgIpc) is 3.27. The van der Waals surface area contributed by atoms with Gasteiger partial charge in [0.25, 0.3) is 0 Å². The first-order valence-electron chi connectivity index (χ1n) is 7.78. The predicted octanol–water partition coefficient (Wildman–Crippen LogP) is 4.74. The maximum Gasteiger partial charge on any atom is 0.243 e. The van der Waals surface area contributed by atoms with Crippen LogP contribution < -0.4 is 0 Å². The molecular formula is C18H18ClNO3S2. The third-order valence-electron chi connectivity index (χ3n) is 3.94. The van der Waals surface area contributed by atoms with Crippen LogP contribution in [0.1, 0.15) is 16.2 Å². The molecule has 0 saturated carbocycles. The number of hydrogen-bond acceptors (Lipinski definition) is 4. The highest BCUT2D eigenvalue weighted by molar-refractivity contribution is 7.89. The highest BCUT2D eigenvalue weighted by Gasteiger charge is 2.27. The molecule has 25 heavy (non-hydrogen) atoms. The molecule has 7 heteroatoms. The Morgan fingerprint density at radius 2 is 2.00 bits per heavy atom. The molecule has 2 aromatic heterocycles. The Morgan fingerprint density at radius 3 is 2.68 bits per heavy atom. The van der Waals surface area contributed by atoms with Gasteiger partial charge in [-0.2, -0.15) is 4.31 Å². The molecule has 0 amide bonds. The quantitative estimate of drug-likeness (QED) is 0.580. The zero-order valence-electron chi connectivity index (χ0n) is 13.7. The lowest BCUT2D eigenvalue weighted by atomic mass is 10.2. The first kappa shape index (κ1) is 18.2. The number of halogens is 1. The highest BCUT2D eigenvalue weighted by atomic mass is 35.5. The molecule has 3 aromatic rings. The Morgan fingerprint density at radius 1 is 1.16 bits per heavy atom. The van der Waals surface area contributed by atoms with E-state index in [2.05, 4.69) is 0 Å². The molecule has 1 aromatic carbocycles. The monoisotopic (exact) mass is 395 g/mol. The fourth-order valence-electron chi connectivity index (χ4n) is 2.56. The molecule has 0 aliphatic rings. The van der Waals surface area contributed by atoms with Gasteiger partial charge in [-0.1, -0.05) is 23.7 Å². The molecule has 0 aliphatic carbocycles. The van der Waals surface area contributed by atoms with Crippen molar-refractivity contribution in [2.45, 2.75) is 24.8 Å². The summed E-state index contributed by atoms with van der Waals surface area (Å²) in [5.41, 5.74) is 0.560. The van der Waals surface area contributed by atoms with Crippen molar-refractivity contribution in [2.24, 2.45) is 0 Å². The minimum atomic E-state index is -3.69. The third kappa shape index (κ3) is 4.15. The predicted molar refractivity (Wildman–Crippen MR) is 101 cm³/mol. The number of benzene rings is 1. The lowest BCUT2D eigenvalue weighted by molar-refractivity contribution is 0.366. The van der Waals surface area contributed by atoms with Crippen LogP contribution in [0.3, 0.4) is 0 Å². The molecule has 0 fully saturated rings. The van der Waals surface area contributed by atoms with Crippen LogP contribution in [0.5, 0.6) is 0 Å². The van der Waals surface area contributed by atoms with Crippen molar-refractivity contribution >= 4 is 33.0 Å². The Balaban J connectivity index is 1.92. The summed E-state index contributed by atoms with van der Waals surface area (Å²) in [6, 6.07) is 12.4. The molecule has 0 radical (unpaired) electrons. The van der Waals surface area contributed by atoms with Gasteiger partial charge >= 0.3 is 0 Å². The summed E-state index contributed by atoms with van der Waals surface area (Å²) in [6.07, 6.45) is 2.20. The zero-order chi connectivity index (χ0) is 17.9. The van der Waals surface area contributed by atoms with Gasteiger partial charge < -0.3 is 4.42 Å². The second-order valence-electron chi connectivity index (χ2n) is 5.61. The Kier molecular flexibility index (Phi) is 5.64. The van der Waals surface area contributed by atoms with E-state index in [1.165, 1.54) is 4.31 Å². The number of hydrogen-bond donors (Lipinski definition) is 0. The van der Waals surface area contributed by atoms with Crippen molar-refractivity contribution in [2.75, 3.05) is 6.54 Å². The summed E-state index contributed by atoms with van der Waals surface area (Å²) in [6.45, 7) is 2.28. The molecule has 0 saturated heterocycles. The number of nitrogens with zero attached hydrogens (tertiary/aromatic N) is 1. The van der Waals surface area contributed by atoms with Gasteiger partial charge in [-0.05, 0) is 54.6 Å². The number of rotatable bonds is 7. The lowest BCUT2D eigenvalue weighted by Gasteiger charge is -2.22. The van der Waals surface area contributed by atoms with Crippen LogP contribution in [0.25, 0.3) is 0 Å². The molecule has 0 N–H and O–H groups in total. The molecule has 2 heterocycles. The van der Waals surface area contributed by atoms with E-state index < -0.39 is 10.0 Å². The van der Waals surface area contributed by atoms with Crippen LogP contribution in [-0.4, -0.2) is 19.3 Å². The standard InChI is InChI=1S/C18H18ClNO3S2/c1-14-17(19)7-2-8-18(14)25(21,22)20(13-15-5-3-11-23-15)10-9-16-6-4-12-24-16/h2-8,11-12H,9-10,13H2,1H3. The maximum atomic E-state index is 13.2. The van der Waals surface area contributed by atoms with E-state index in [1.807, 2.05) is 17.5 Å². The SMILES string of the molecule is Cc1c(Cl)cccc1S(=O)(=O)N(CCc1cccs1)Cc1ccco1. The summed E-state index contributed by atoms with van der Waals surface area (Å²) < 4.78 is 33.2. The van der Waals surface area contributed by atoms with Crippen LogP contribution in [0.2, 0.25) is 5.02 Å². The number of furan rings is 1. The van der Waals surface area contributed by atoms with E-state index >= 15 is 0 Å². The molecule has 0 atom stereocenters. The van der Waals surface area contributed by atoms with Crippen molar-refractivity contribution < 1.29 is 12.8 Å². The van der Waals surface area contributed by atoms with E-state index in [1.54, 1.807) is 54.9 Å². The van der Waals surface area contributed by atoms with Gasteiger partial charge in [0.2, 0.25) is 10.0 Å². The average molecular weight is 396 g/mol. The van der Waals surface area contributed by atoms with Crippen LogP contribution in [0.4, 0.5) is 0 Å². The highest BCUT2D eigenvalue weighted by Crippen LogP contribution is 2.27. The smallest absolute Gasteiger partial charge is 0.243 e. The Hall–Kier alpha value is -1.60. The topological polar surface area (TPSA) is 50.5 Å². The van der Waals surface area contributed by atoms with Crippen LogP contribution in [0.15, 0.2) is 63.4 Å². The minimum Gasteiger partial charge on any atom is -0.468 e. The maximum absolute atomic E-state index is 13.2. The van der Waals surface area contributed by atoms with Crippen molar-refractivity contribution in [3.05, 3.63) is 75.3 Å². The fraction of sp³-hybridized carbons (Fsp3) is 0.222. The molecule has 0 spiro atoms. The minimum absolute atomic E-state index is 0.187. The molecular weight excluding hydrogens is 378 g/mol.